The van der Waals surface area contributed by atoms with Crippen LogP contribution in [0.4, 0.5) is 16.2 Å². The molecule has 0 bridgehead atoms. The summed E-state index contributed by atoms with van der Waals surface area (Å²) in [6.45, 7) is -0.144. The number of hydrogen-bond acceptors (Lipinski definition) is 6. The normalized spacial score (nSPS) is 15.7. The van der Waals surface area contributed by atoms with E-state index in [2.05, 4.69) is 20.7 Å². The average Bonchev–Trinajstić information content (AvgIpc) is 3.36. The van der Waals surface area contributed by atoms with E-state index in [1.54, 1.807) is 30.3 Å². The van der Waals surface area contributed by atoms with Crippen LogP contribution in [0.3, 0.4) is 0 Å². The van der Waals surface area contributed by atoms with Crippen LogP contribution < -0.4 is 25.6 Å². The maximum Gasteiger partial charge on any atom is 0.323 e. The Morgan fingerprint density at radius 2 is 1.61 bits per heavy atom. The van der Waals surface area contributed by atoms with Gasteiger partial charge in [-0.3, -0.25) is 14.4 Å². The number of rotatable bonds is 11. The number of nitrogens with one attached hydrogen (secondary N) is 4. The summed E-state index contributed by atoms with van der Waals surface area (Å²) < 4.78 is 27.1. The molecule has 214 valence electrons. The highest BCUT2D eigenvalue weighted by Crippen LogP contribution is 2.27. The summed E-state index contributed by atoms with van der Waals surface area (Å²) in [5.74, 6) is -3.16. The molecule has 3 aromatic carbocycles. The van der Waals surface area contributed by atoms with E-state index in [1.807, 2.05) is 30.3 Å². The molecule has 2 atom stereocenters. The van der Waals surface area contributed by atoms with Crippen molar-refractivity contribution in [2.24, 2.45) is 5.92 Å². The molecule has 0 aliphatic carbocycles. The van der Waals surface area contributed by atoms with Gasteiger partial charge in [-0.2, -0.15) is 4.72 Å². The van der Waals surface area contributed by atoms with Crippen molar-refractivity contribution in [3.8, 4) is 0 Å². The van der Waals surface area contributed by atoms with Crippen molar-refractivity contribution in [2.45, 2.75) is 23.9 Å². The van der Waals surface area contributed by atoms with Gasteiger partial charge in [-0.25, -0.2) is 13.2 Å². The van der Waals surface area contributed by atoms with Crippen molar-refractivity contribution in [1.29, 1.82) is 0 Å². The van der Waals surface area contributed by atoms with Crippen LogP contribution in [0.25, 0.3) is 0 Å². The van der Waals surface area contributed by atoms with Crippen LogP contribution in [0.2, 0.25) is 0 Å². The van der Waals surface area contributed by atoms with Crippen LogP contribution in [0.1, 0.15) is 12.0 Å². The van der Waals surface area contributed by atoms with Gasteiger partial charge in [0.15, 0.2) is 0 Å². The fourth-order valence-corrected chi connectivity index (χ4v) is 5.43. The SMILES string of the molecule is O=C(NCc1ccccc1)Nc1cccc(N2CC(C(=O)NC[C@H](NS(=O)(=O)c3ccccc3)C(=O)O)CC2=O)c1. The number of carbonyl (C=O) groups is 4. The molecule has 1 heterocycles. The Balaban J connectivity index is 1.32. The zero-order valence-electron chi connectivity index (χ0n) is 21.8. The van der Waals surface area contributed by atoms with E-state index < -0.39 is 46.4 Å². The van der Waals surface area contributed by atoms with Gasteiger partial charge in [0.1, 0.15) is 6.04 Å². The average molecular weight is 580 g/mol. The second-order valence-electron chi connectivity index (χ2n) is 9.32. The van der Waals surface area contributed by atoms with Gasteiger partial charge >= 0.3 is 12.0 Å². The molecule has 1 unspecified atom stereocenters. The van der Waals surface area contributed by atoms with Crippen molar-refractivity contribution in [3.63, 3.8) is 0 Å². The van der Waals surface area contributed by atoms with Crippen LogP contribution in [-0.4, -0.2) is 56.5 Å². The summed E-state index contributed by atoms with van der Waals surface area (Å²) in [4.78, 5) is 50.8. The highest BCUT2D eigenvalue weighted by molar-refractivity contribution is 7.89. The Morgan fingerprint density at radius 3 is 2.29 bits per heavy atom. The van der Waals surface area contributed by atoms with E-state index >= 15 is 0 Å². The van der Waals surface area contributed by atoms with Gasteiger partial charge in [0.25, 0.3) is 0 Å². The predicted molar refractivity (Wildman–Crippen MR) is 150 cm³/mol. The third-order valence-corrected chi connectivity index (χ3v) is 7.82. The van der Waals surface area contributed by atoms with Gasteiger partial charge in [0, 0.05) is 37.4 Å². The number of carboxylic acid groups (broad SMARTS) is 1. The molecule has 1 saturated heterocycles. The van der Waals surface area contributed by atoms with E-state index in [-0.39, 0.29) is 23.8 Å². The van der Waals surface area contributed by atoms with Gasteiger partial charge in [-0.05, 0) is 35.9 Å². The number of urea groups is 1. The predicted octanol–water partition coefficient (Wildman–Crippen LogP) is 1.91. The minimum absolute atomic E-state index is 0.0296. The molecule has 5 N–H and O–H groups in total. The quantitative estimate of drug-likeness (QED) is 0.231. The lowest BCUT2D eigenvalue weighted by Crippen LogP contribution is -2.49. The van der Waals surface area contributed by atoms with Crippen molar-refractivity contribution < 1.29 is 32.7 Å². The molecule has 41 heavy (non-hydrogen) atoms. The second kappa shape index (κ2) is 13.1. The molecule has 0 aromatic heterocycles. The van der Waals surface area contributed by atoms with Gasteiger partial charge in [-0.1, -0.05) is 54.6 Å². The Hall–Kier alpha value is -4.75. The first-order valence-corrected chi connectivity index (χ1v) is 14.2. The summed E-state index contributed by atoms with van der Waals surface area (Å²) in [6, 6.07) is 21.2. The fraction of sp³-hybridized carbons (Fsp3) is 0.214. The molecule has 4 amide bonds. The van der Waals surface area contributed by atoms with Gasteiger partial charge in [0.05, 0.1) is 10.8 Å². The van der Waals surface area contributed by atoms with E-state index in [9.17, 15) is 32.7 Å². The number of carbonyl (C=O) groups excluding carboxylic acids is 3. The first-order chi connectivity index (χ1) is 19.6. The van der Waals surface area contributed by atoms with Crippen molar-refractivity contribution in [1.82, 2.24) is 15.4 Å². The molecule has 0 saturated carbocycles. The Kier molecular flexibility index (Phi) is 9.32. The number of amides is 4. The number of anilines is 2. The van der Waals surface area contributed by atoms with Crippen molar-refractivity contribution in [3.05, 3.63) is 90.5 Å². The van der Waals surface area contributed by atoms with Gasteiger partial charge < -0.3 is 26.0 Å². The fourth-order valence-electron chi connectivity index (χ4n) is 4.22. The number of carboxylic acids is 1. The molecule has 1 aliphatic heterocycles. The Bertz CT molecular complexity index is 1520. The molecule has 13 heteroatoms. The van der Waals surface area contributed by atoms with E-state index in [4.69, 9.17) is 0 Å². The molecule has 0 radical (unpaired) electrons. The zero-order chi connectivity index (χ0) is 29.4. The molecular formula is C28H29N5O7S. The monoisotopic (exact) mass is 579 g/mol. The highest BCUT2D eigenvalue weighted by Gasteiger charge is 2.36. The topological polar surface area (TPSA) is 174 Å². The van der Waals surface area contributed by atoms with Crippen LogP contribution in [0.5, 0.6) is 0 Å². The van der Waals surface area contributed by atoms with Crippen molar-refractivity contribution >= 4 is 45.2 Å². The highest BCUT2D eigenvalue weighted by atomic mass is 32.2. The van der Waals surface area contributed by atoms with Gasteiger partial charge in [0.2, 0.25) is 21.8 Å². The molecule has 12 nitrogen and oxygen atoms in total. The van der Waals surface area contributed by atoms with Crippen LogP contribution in [0, 0.1) is 5.92 Å². The smallest absolute Gasteiger partial charge is 0.323 e. The summed E-state index contributed by atoms with van der Waals surface area (Å²) in [7, 11) is -4.13. The summed E-state index contributed by atoms with van der Waals surface area (Å²) in [5, 5.41) is 17.4. The summed E-state index contributed by atoms with van der Waals surface area (Å²) in [5.41, 5.74) is 1.86. The first-order valence-electron chi connectivity index (χ1n) is 12.7. The Morgan fingerprint density at radius 1 is 0.927 bits per heavy atom. The van der Waals surface area contributed by atoms with Crippen LogP contribution >= 0.6 is 0 Å². The lowest BCUT2D eigenvalue weighted by Gasteiger charge is -2.19. The third-order valence-electron chi connectivity index (χ3n) is 6.34. The van der Waals surface area contributed by atoms with E-state index in [0.717, 1.165) is 5.56 Å². The maximum atomic E-state index is 12.8. The number of sulfonamides is 1. The first kappa shape index (κ1) is 29.2. The molecule has 1 fully saturated rings. The molecule has 0 spiro atoms. The summed E-state index contributed by atoms with van der Waals surface area (Å²) >= 11 is 0. The molecule has 3 aromatic rings. The zero-order valence-corrected chi connectivity index (χ0v) is 22.6. The lowest BCUT2D eigenvalue weighted by atomic mass is 10.1. The lowest BCUT2D eigenvalue weighted by molar-refractivity contribution is -0.139. The number of aliphatic carboxylic acids is 1. The third kappa shape index (κ3) is 7.90. The molecule has 4 rings (SSSR count). The maximum absolute atomic E-state index is 12.8. The van der Waals surface area contributed by atoms with Crippen LogP contribution in [-0.2, 0) is 31.0 Å². The van der Waals surface area contributed by atoms with Gasteiger partial charge in [-0.15, -0.1) is 0 Å². The molecule has 1 aliphatic rings. The number of hydrogen-bond donors (Lipinski definition) is 5. The van der Waals surface area contributed by atoms with E-state index in [1.165, 1.54) is 29.2 Å². The second-order valence-corrected chi connectivity index (χ2v) is 11.0. The van der Waals surface area contributed by atoms with E-state index in [0.29, 0.717) is 17.9 Å². The standard InChI is InChI=1S/C28H29N5O7S/c34-25-14-20(26(35)29-17-24(27(36)37)32-41(39,40)23-12-5-2-6-13-23)18-33(25)22-11-7-10-21(15-22)31-28(38)30-16-19-8-3-1-4-9-19/h1-13,15,20,24,32H,14,16-18H2,(H,29,35)(H,36,37)(H2,30,31,38)/t20?,24-/m0/s1. The van der Waals surface area contributed by atoms with Crippen LogP contribution in [0.15, 0.2) is 89.8 Å². The largest absolute Gasteiger partial charge is 0.480 e. The number of benzene rings is 3. The van der Waals surface area contributed by atoms with Crippen molar-refractivity contribution in [2.75, 3.05) is 23.3 Å². The minimum Gasteiger partial charge on any atom is -0.480 e. The molecular weight excluding hydrogens is 550 g/mol. The Labute approximate surface area is 236 Å². The summed E-state index contributed by atoms with van der Waals surface area (Å²) in [6.07, 6.45) is -0.117. The number of nitrogens with zero attached hydrogens (tertiary/aromatic N) is 1. The minimum atomic E-state index is -4.13.